The molecular formula is C16H12ClNOS2. The molecule has 0 aliphatic rings. The molecule has 3 aromatic carbocycles. The number of hydrogen-bond donors (Lipinski definition) is 1. The Kier molecular flexibility index (Phi) is 3.71. The third-order valence-electron chi connectivity index (χ3n) is 3.35. The van der Waals surface area contributed by atoms with E-state index < -0.39 is 8.68 Å². The second kappa shape index (κ2) is 5.39. The lowest BCUT2D eigenvalue weighted by Gasteiger charge is -2.11. The van der Waals surface area contributed by atoms with Gasteiger partial charge in [0.2, 0.25) is 0 Å². The third-order valence-corrected chi connectivity index (χ3v) is 5.11. The molecule has 5 heteroatoms. The zero-order valence-corrected chi connectivity index (χ0v) is 13.3. The SMILES string of the molecule is NS(=O)(=S)c1ccc(-c2ccc(Cl)cc2)c2ccccc12. The van der Waals surface area contributed by atoms with Gasteiger partial charge in [0, 0.05) is 16.2 Å². The van der Waals surface area contributed by atoms with Gasteiger partial charge in [0.05, 0.1) is 4.90 Å². The molecule has 3 aromatic rings. The highest BCUT2D eigenvalue weighted by atomic mass is 35.5. The molecule has 0 radical (unpaired) electrons. The summed E-state index contributed by atoms with van der Waals surface area (Å²) in [5.41, 5.74) is 2.07. The minimum atomic E-state index is -2.92. The van der Waals surface area contributed by atoms with E-state index in [-0.39, 0.29) is 0 Å². The fourth-order valence-electron chi connectivity index (χ4n) is 2.40. The van der Waals surface area contributed by atoms with Crippen LogP contribution in [0.4, 0.5) is 0 Å². The van der Waals surface area contributed by atoms with Crippen molar-refractivity contribution in [3.8, 4) is 11.1 Å². The van der Waals surface area contributed by atoms with Crippen LogP contribution in [0.15, 0.2) is 65.6 Å². The molecule has 0 aliphatic carbocycles. The average Bonchev–Trinajstić information content (AvgIpc) is 2.46. The highest BCUT2D eigenvalue weighted by molar-refractivity contribution is 8.31. The first-order valence-corrected chi connectivity index (χ1v) is 9.20. The molecular weight excluding hydrogens is 322 g/mol. The van der Waals surface area contributed by atoms with Crippen LogP contribution in [-0.2, 0) is 19.9 Å². The molecule has 1 atom stereocenters. The second-order valence-electron chi connectivity index (χ2n) is 4.71. The van der Waals surface area contributed by atoms with Crippen LogP contribution in [0.1, 0.15) is 0 Å². The standard InChI is InChI=1S/C16H12ClNOS2/c17-12-7-5-11(6-8-12)13-9-10-16(21(18,19)20)15-4-2-1-3-14(13)15/h1-10H,(H2,18,19,20). The molecule has 0 saturated carbocycles. The summed E-state index contributed by atoms with van der Waals surface area (Å²) >= 11 is 10.9. The van der Waals surface area contributed by atoms with E-state index in [1.54, 1.807) is 6.07 Å². The van der Waals surface area contributed by atoms with Crippen molar-refractivity contribution in [3.63, 3.8) is 0 Å². The van der Waals surface area contributed by atoms with Gasteiger partial charge in [-0.2, -0.15) is 0 Å². The number of rotatable bonds is 2. The lowest BCUT2D eigenvalue weighted by molar-refractivity contribution is 0.683. The molecule has 0 spiro atoms. The van der Waals surface area contributed by atoms with Crippen LogP contribution in [0.5, 0.6) is 0 Å². The van der Waals surface area contributed by atoms with Gasteiger partial charge in [-0.05, 0) is 40.1 Å². The van der Waals surface area contributed by atoms with E-state index in [0.717, 1.165) is 21.9 Å². The van der Waals surface area contributed by atoms with Gasteiger partial charge in [-0.3, -0.25) is 0 Å². The Bertz CT molecular complexity index is 919. The fraction of sp³-hybridized carbons (Fsp3) is 0. The minimum Gasteiger partial charge on any atom is -0.247 e. The van der Waals surface area contributed by atoms with Crippen molar-refractivity contribution in [3.05, 3.63) is 65.7 Å². The molecule has 2 N–H and O–H groups in total. The molecule has 106 valence electrons. The van der Waals surface area contributed by atoms with Crippen LogP contribution in [0.3, 0.4) is 0 Å². The average molecular weight is 334 g/mol. The van der Waals surface area contributed by atoms with Gasteiger partial charge in [-0.25, -0.2) is 9.35 Å². The number of fused-ring (bicyclic) bond motifs is 1. The van der Waals surface area contributed by atoms with Crippen molar-refractivity contribution in [2.45, 2.75) is 4.90 Å². The molecule has 0 heterocycles. The molecule has 0 aliphatic heterocycles. The zero-order valence-electron chi connectivity index (χ0n) is 11.0. The normalized spacial score (nSPS) is 14.0. The summed E-state index contributed by atoms with van der Waals surface area (Å²) in [5.74, 6) is 0. The van der Waals surface area contributed by atoms with Crippen LogP contribution < -0.4 is 5.14 Å². The van der Waals surface area contributed by atoms with Crippen molar-refractivity contribution in [1.29, 1.82) is 0 Å². The molecule has 21 heavy (non-hydrogen) atoms. The van der Waals surface area contributed by atoms with Gasteiger partial charge in [0.15, 0.2) is 0 Å². The second-order valence-corrected chi connectivity index (χ2v) is 8.16. The molecule has 0 amide bonds. The fourth-order valence-corrected chi connectivity index (χ4v) is 3.70. The Morgan fingerprint density at radius 2 is 1.52 bits per heavy atom. The Labute approximate surface area is 133 Å². The summed E-state index contributed by atoms with van der Waals surface area (Å²) in [4.78, 5) is 0.505. The van der Waals surface area contributed by atoms with Crippen molar-refractivity contribution in [2.75, 3.05) is 0 Å². The summed E-state index contributed by atoms with van der Waals surface area (Å²) in [5, 5.41) is 8.15. The summed E-state index contributed by atoms with van der Waals surface area (Å²) < 4.78 is 12.1. The van der Waals surface area contributed by atoms with Gasteiger partial charge in [0.1, 0.15) is 8.68 Å². The maximum atomic E-state index is 12.1. The van der Waals surface area contributed by atoms with E-state index in [0.29, 0.717) is 9.92 Å². The number of nitrogens with two attached hydrogens (primary N) is 1. The van der Waals surface area contributed by atoms with Gasteiger partial charge >= 0.3 is 0 Å². The maximum Gasteiger partial charge on any atom is 0.117 e. The van der Waals surface area contributed by atoms with Gasteiger partial charge in [-0.15, -0.1) is 0 Å². The highest BCUT2D eigenvalue weighted by Crippen LogP contribution is 2.32. The first-order chi connectivity index (χ1) is 9.97. The number of benzene rings is 3. The van der Waals surface area contributed by atoms with E-state index in [1.165, 1.54) is 0 Å². The van der Waals surface area contributed by atoms with E-state index in [9.17, 15) is 4.21 Å². The predicted molar refractivity (Wildman–Crippen MR) is 92.4 cm³/mol. The Balaban J connectivity index is 2.34. The van der Waals surface area contributed by atoms with Crippen LogP contribution in [-0.4, -0.2) is 4.21 Å². The lowest BCUT2D eigenvalue weighted by atomic mass is 9.98. The molecule has 2 nitrogen and oxygen atoms in total. The van der Waals surface area contributed by atoms with Crippen LogP contribution >= 0.6 is 11.6 Å². The van der Waals surface area contributed by atoms with Crippen molar-refractivity contribution in [2.24, 2.45) is 5.14 Å². The summed E-state index contributed by atoms with van der Waals surface area (Å²) in [6, 6.07) is 18.9. The van der Waals surface area contributed by atoms with Crippen molar-refractivity contribution in [1.82, 2.24) is 0 Å². The summed E-state index contributed by atoms with van der Waals surface area (Å²) in [6.07, 6.45) is 0. The molecule has 0 aromatic heterocycles. The molecule has 3 rings (SSSR count). The molecule has 1 unspecified atom stereocenters. The van der Waals surface area contributed by atoms with Crippen molar-refractivity contribution >= 4 is 42.2 Å². The van der Waals surface area contributed by atoms with Crippen LogP contribution in [0, 0.1) is 0 Å². The summed E-state index contributed by atoms with van der Waals surface area (Å²) in [6.45, 7) is 0. The van der Waals surface area contributed by atoms with E-state index in [4.69, 9.17) is 27.9 Å². The lowest BCUT2D eigenvalue weighted by Crippen LogP contribution is -2.11. The first-order valence-electron chi connectivity index (χ1n) is 6.27. The highest BCUT2D eigenvalue weighted by Gasteiger charge is 2.12. The van der Waals surface area contributed by atoms with E-state index >= 15 is 0 Å². The van der Waals surface area contributed by atoms with Crippen molar-refractivity contribution < 1.29 is 4.21 Å². The summed E-state index contributed by atoms with van der Waals surface area (Å²) in [7, 11) is -2.92. The topological polar surface area (TPSA) is 43.1 Å². The van der Waals surface area contributed by atoms with Crippen LogP contribution in [0.2, 0.25) is 5.02 Å². The Morgan fingerprint density at radius 1 is 0.905 bits per heavy atom. The number of halogens is 1. The molecule has 0 saturated heterocycles. The van der Waals surface area contributed by atoms with Gasteiger partial charge in [-0.1, -0.05) is 54.1 Å². The molecule has 0 bridgehead atoms. The monoisotopic (exact) mass is 333 g/mol. The third kappa shape index (κ3) is 2.80. The maximum absolute atomic E-state index is 12.1. The van der Waals surface area contributed by atoms with Gasteiger partial charge < -0.3 is 0 Å². The van der Waals surface area contributed by atoms with E-state index in [1.807, 2.05) is 54.6 Å². The van der Waals surface area contributed by atoms with Gasteiger partial charge in [0.25, 0.3) is 0 Å². The number of hydrogen-bond acceptors (Lipinski definition) is 2. The minimum absolute atomic E-state index is 0.505. The first kappa shape index (κ1) is 14.5. The smallest absolute Gasteiger partial charge is 0.117 e. The molecule has 0 fully saturated rings. The van der Waals surface area contributed by atoms with Crippen LogP contribution in [0.25, 0.3) is 21.9 Å². The van der Waals surface area contributed by atoms with E-state index in [2.05, 4.69) is 0 Å². The zero-order chi connectivity index (χ0) is 15.0. The largest absolute Gasteiger partial charge is 0.247 e. The predicted octanol–water partition coefficient (Wildman–Crippen LogP) is 4.14. The Hall–Kier alpha value is -1.46. The quantitative estimate of drug-likeness (QED) is 0.766. The Morgan fingerprint density at radius 3 is 2.14 bits per heavy atom.